The number of carbonyl (C=O) groups is 1. The average Bonchev–Trinajstić information content (AvgIpc) is 3.18. The Bertz CT molecular complexity index is 883. The molecule has 2 aromatic carbocycles. The number of para-hydroxylation sites is 1. The van der Waals surface area contributed by atoms with Gasteiger partial charge < -0.3 is 11.1 Å². The fraction of sp³-hybridized carbons (Fsp3) is 0.111. The van der Waals surface area contributed by atoms with Crippen molar-refractivity contribution in [3.63, 3.8) is 0 Å². The highest BCUT2D eigenvalue weighted by Gasteiger charge is 2.25. The van der Waals surface area contributed by atoms with E-state index in [9.17, 15) is 4.79 Å². The lowest BCUT2D eigenvalue weighted by atomic mass is 10.0. The summed E-state index contributed by atoms with van der Waals surface area (Å²) in [4.78, 5) is 11.7. The lowest BCUT2D eigenvalue weighted by Gasteiger charge is -2.06. The van der Waals surface area contributed by atoms with Crippen LogP contribution in [0.1, 0.15) is 21.6 Å². The van der Waals surface area contributed by atoms with Gasteiger partial charge in [0.05, 0.1) is 17.1 Å². The second-order valence-electron chi connectivity index (χ2n) is 5.53. The number of rotatable bonds is 3. The van der Waals surface area contributed by atoms with Crippen molar-refractivity contribution < 1.29 is 4.79 Å². The first kappa shape index (κ1) is 13.7. The van der Waals surface area contributed by atoms with Crippen molar-refractivity contribution >= 4 is 5.91 Å². The molecule has 0 radical (unpaired) electrons. The minimum Gasteiger partial charge on any atom is -0.366 e. The maximum Gasteiger partial charge on any atom is 0.249 e. The molecule has 0 bridgehead atoms. The quantitative estimate of drug-likeness (QED) is 0.779. The molecule has 3 N–H and O–H groups in total. The second kappa shape index (κ2) is 5.37. The Labute approximate surface area is 133 Å². The van der Waals surface area contributed by atoms with Crippen molar-refractivity contribution in [2.75, 3.05) is 0 Å². The molecule has 0 spiro atoms. The van der Waals surface area contributed by atoms with Gasteiger partial charge in [0.15, 0.2) is 0 Å². The van der Waals surface area contributed by atoms with Crippen molar-refractivity contribution in [2.24, 2.45) is 5.73 Å². The molecule has 1 aromatic heterocycles. The lowest BCUT2D eigenvalue weighted by molar-refractivity contribution is 0.100. The largest absolute Gasteiger partial charge is 0.366 e. The molecule has 5 nitrogen and oxygen atoms in total. The third-order valence-electron chi connectivity index (χ3n) is 4.13. The average molecular weight is 304 g/mol. The first-order valence-electron chi connectivity index (χ1n) is 7.52. The summed E-state index contributed by atoms with van der Waals surface area (Å²) in [6.07, 6.45) is 0. The number of amides is 1. The number of benzene rings is 2. The smallest absolute Gasteiger partial charge is 0.249 e. The number of nitrogens with zero attached hydrogens (tertiary/aromatic N) is 2. The van der Waals surface area contributed by atoms with Crippen molar-refractivity contribution in [1.29, 1.82) is 0 Å². The van der Waals surface area contributed by atoms with E-state index in [2.05, 4.69) is 5.32 Å². The third kappa shape index (κ3) is 2.22. The van der Waals surface area contributed by atoms with E-state index in [4.69, 9.17) is 10.8 Å². The van der Waals surface area contributed by atoms with E-state index in [0.717, 1.165) is 41.3 Å². The summed E-state index contributed by atoms with van der Waals surface area (Å²) in [5.74, 6) is -0.436. The van der Waals surface area contributed by atoms with Gasteiger partial charge in [0.2, 0.25) is 5.91 Å². The number of aromatic nitrogens is 2. The van der Waals surface area contributed by atoms with Gasteiger partial charge in [0.1, 0.15) is 0 Å². The number of nitrogens with two attached hydrogens (primary N) is 1. The highest BCUT2D eigenvalue weighted by Crippen LogP contribution is 2.32. The molecule has 114 valence electrons. The maximum atomic E-state index is 11.7. The summed E-state index contributed by atoms with van der Waals surface area (Å²) in [6, 6.07) is 17.4. The van der Waals surface area contributed by atoms with Crippen molar-refractivity contribution in [3.05, 3.63) is 71.4 Å². The number of fused-ring (bicyclic) bond motifs is 1. The second-order valence-corrected chi connectivity index (χ2v) is 5.53. The third-order valence-corrected chi connectivity index (χ3v) is 4.13. The van der Waals surface area contributed by atoms with Gasteiger partial charge in [0.25, 0.3) is 0 Å². The predicted octanol–water partition coefficient (Wildman–Crippen LogP) is 2.24. The minimum absolute atomic E-state index is 0.436. The Balaban J connectivity index is 1.94. The number of hydrogen-bond donors (Lipinski definition) is 2. The molecule has 0 fully saturated rings. The summed E-state index contributed by atoms with van der Waals surface area (Å²) in [6.45, 7) is 1.50. The molecule has 2 heterocycles. The fourth-order valence-electron chi connectivity index (χ4n) is 3.06. The molecule has 4 rings (SSSR count). The Hall–Kier alpha value is -2.92. The molecular formula is C18H16N4O. The standard InChI is InChI=1S/C18H16N4O/c19-18(23)14-9-5-4-8-13(14)17-15-10-20-11-16(15)22(21-17)12-6-2-1-3-7-12/h1-9,20H,10-11H2,(H2,19,23). The summed E-state index contributed by atoms with van der Waals surface area (Å²) in [5, 5.41) is 8.14. The minimum atomic E-state index is -0.436. The lowest BCUT2D eigenvalue weighted by Crippen LogP contribution is -2.13. The topological polar surface area (TPSA) is 72.9 Å². The Morgan fingerprint density at radius 1 is 1.04 bits per heavy atom. The van der Waals surface area contributed by atoms with Gasteiger partial charge in [-0.2, -0.15) is 5.10 Å². The summed E-state index contributed by atoms with van der Waals surface area (Å²) < 4.78 is 1.95. The van der Waals surface area contributed by atoms with E-state index in [1.807, 2.05) is 53.2 Å². The van der Waals surface area contributed by atoms with E-state index in [0.29, 0.717) is 5.56 Å². The molecule has 3 aromatic rings. The summed E-state index contributed by atoms with van der Waals surface area (Å²) in [7, 11) is 0. The molecule has 0 saturated carbocycles. The Morgan fingerprint density at radius 2 is 1.78 bits per heavy atom. The molecule has 0 atom stereocenters. The van der Waals surface area contributed by atoms with Gasteiger partial charge in [-0.05, 0) is 18.2 Å². The molecule has 1 aliphatic heterocycles. The number of hydrogen-bond acceptors (Lipinski definition) is 3. The molecule has 1 aliphatic rings. The van der Waals surface area contributed by atoms with Crippen LogP contribution in [0.4, 0.5) is 0 Å². The van der Waals surface area contributed by atoms with E-state index in [-0.39, 0.29) is 0 Å². The van der Waals surface area contributed by atoms with Crippen LogP contribution in [-0.4, -0.2) is 15.7 Å². The molecular weight excluding hydrogens is 288 g/mol. The molecule has 1 amide bonds. The van der Waals surface area contributed by atoms with Crippen LogP contribution in [0.2, 0.25) is 0 Å². The van der Waals surface area contributed by atoms with Crippen molar-refractivity contribution in [3.8, 4) is 16.9 Å². The Kier molecular flexibility index (Phi) is 3.20. The Morgan fingerprint density at radius 3 is 2.57 bits per heavy atom. The monoisotopic (exact) mass is 304 g/mol. The highest BCUT2D eigenvalue weighted by molar-refractivity contribution is 5.99. The van der Waals surface area contributed by atoms with Gasteiger partial charge in [-0.15, -0.1) is 0 Å². The summed E-state index contributed by atoms with van der Waals surface area (Å²) in [5.41, 5.74) is 10.9. The SMILES string of the molecule is NC(=O)c1ccccc1-c1nn(-c2ccccc2)c2c1CNC2. The molecule has 0 unspecified atom stereocenters. The van der Waals surface area contributed by atoms with Crippen LogP contribution >= 0.6 is 0 Å². The molecule has 0 saturated heterocycles. The zero-order chi connectivity index (χ0) is 15.8. The van der Waals surface area contributed by atoms with E-state index in [1.165, 1.54) is 0 Å². The molecule has 5 heteroatoms. The van der Waals surface area contributed by atoms with Crippen molar-refractivity contribution in [2.45, 2.75) is 13.1 Å². The number of primary amides is 1. The van der Waals surface area contributed by atoms with Gasteiger partial charge in [-0.25, -0.2) is 4.68 Å². The van der Waals surface area contributed by atoms with Gasteiger partial charge in [-0.3, -0.25) is 4.79 Å². The zero-order valence-corrected chi connectivity index (χ0v) is 12.5. The van der Waals surface area contributed by atoms with Crippen LogP contribution in [0.15, 0.2) is 54.6 Å². The van der Waals surface area contributed by atoms with Crippen LogP contribution in [-0.2, 0) is 13.1 Å². The van der Waals surface area contributed by atoms with E-state index in [1.54, 1.807) is 6.07 Å². The van der Waals surface area contributed by atoms with E-state index >= 15 is 0 Å². The van der Waals surface area contributed by atoms with Crippen LogP contribution in [0.25, 0.3) is 16.9 Å². The maximum absolute atomic E-state index is 11.7. The van der Waals surface area contributed by atoms with Crippen LogP contribution in [0, 0.1) is 0 Å². The number of nitrogens with one attached hydrogen (secondary N) is 1. The highest BCUT2D eigenvalue weighted by atomic mass is 16.1. The zero-order valence-electron chi connectivity index (χ0n) is 12.5. The molecule has 23 heavy (non-hydrogen) atoms. The van der Waals surface area contributed by atoms with Gasteiger partial charge >= 0.3 is 0 Å². The van der Waals surface area contributed by atoms with Gasteiger partial charge in [0, 0.05) is 29.8 Å². The first-order valence-corrected chi connectivity index (χ1v) is 7.52. The van der Waals surface area contributed by atoms with Crippen LogP contribution < -0.4 is 11.1 Å². The van der Waals surface area contributed by atoms with Crippen LogP contribution in [0.5, 0.6) is 0 Å². The van der Waals surface area contributed by atoms with E-state index < -0.39 is 5.91 Å². The molecule has 0 aliphatic carbocycles. The number of carbonyl (C=O) groups excluding carboxylic acids is 1. The van der Waals surface area contributed by atoms with Gasteiger partial charge in [-0.1, -0.05) is 36.4 Å². The van der Waals surface area contributed by atoms with Crippen LogP contribution in [0.3, 0.4) is 0 Å². The summed E-state index contributed by atoms with van der Waals surface area (Å²) >= 11 is 0. The normalized spacial score (nSPS) is 13.0. The first-order chi connectivity index (χ1) is 11.3. The van der Waals surface area contributed by atoms with Crippen molar-refractivity contribution in [1.82, 2.24) is 15.1 Å². The predicted molar refractivity (Wildman–Crippen MR) is 88.1 cm³/mol. The fourth-order valence-corrected chi connectivity index (χ4v) is 3.06.